The van der Waals surface area contributed by atoms with Crippen LogP contribution in [0.3, 0.4) is 0 Å². The van der Waals surface area contributed by atoms with Gasteiger partial charge < -0.3 is 9.84 Å². The number of halogens is 1. The van der Waals surface area contributed by atoms with Crippen LogP contribution in [0.15, 0.2) is 30.3 Å². The smallest absolute Gasteiger partial charge is 0.337 e. The van der Waals surface area contributed by atoms with Crippen molar-refractivity contribution < 1.29 is 19.6 Å². The Morgan fingerprint density at radius 3 is 2.64 bits per heavy atom. The first-order chi connectivity index (χ1) is 10.4. The number of hydrogen-bond donors (Lipinski definition) is 1. The second-order valence-corrected chi connectivity index (χ2v) is 5.87. The van der Waals surface area contributed by atoms with Crippen LogP contribution in [0.25, 0.3) is 11.6 Å². The lowest BCUT2D eigenvalue weighted by Gasteiger charge is -2.03. The van der Waals surface area contributed by atoms with Gasteiger partial charge in [0.2, 0.25) is 0 Å². The highest BCUT2D eigenvalue weighted by Gasteiger charge is 2.17. The van der Waals surface area contributed by atoms with Gasteiger partial charge in [0, 0.05) is 10.9 Å². The summed E-state index contributed by atoms with van der Waals surface area (Å²) in [5.74, 6) is -1.03. The number of rotatable bonds is 5. The minimum Gasteiger partial charge on any atom is -0.490 e. The Balaban J connectivity index is 2.51. The van der Waals surface area contributed by atoms with Crippen LogP contribution in [-0.4, -0.2) is 23.1 Å². The van der Waals surface area contributed by atoms with Crippen LogP contribution >= 0.6 is 22.9 Å². The van der Waals surface area contributed by atoms with E-state index in [1.54, 1.807) is 18.2 Å². The van der Waals surface area contributed by atoms with Gasteiger partial charge in [-0.05, 0) is 29.8 Å². The average Bonchev–Trinajstić information content (AvgIpc) is 2.90. The van der Waals surface area contributed by atoms with Gasteiger partial charge in [-0.1, -0.05) is 17.7 Å². The summed E-state index contributed by atoms with van der Waals surface area (Å²) >= 11 is 6.93. The number of hydrogen-bond acceptors (Lipinski definition) is 5. The summed E-state index contributed by atoms with van der Waals surface area (Å²) in [7, 11) is 1.33. The molecule has 1 aromatic heterocycles. The molecule has 0 saturated carbocycles. The summed E-state index contributed by atoms with van der Waals surface area (Å²) in [5.41, 5.74) is 0.163. The van der Waals surface area contributed by atoms with Crippen molar-refractivity contribution in [1.82, 2.24) is 0 Å². The average molecular weight is 340 g/mol. The van der Waals surface area contributed by atoms with Gasteiger partial charge >= 0.3 is 11.7 Å². The quantitative estimate of drug-likeness (QED) is 0.506. The summed E-state index contributed by atoms with van der Waals surface area (Å²) in [6, 6.07) is 7.41. The third-order valence-corrected chi connectivity index (χ3v) is 4.04. The van der Waals surface area contributed by atoms with Crippen molar-refractivity contribution >= 4 is 46.2 Å². The van der Waals surface area contributed by atoms with Gasteiger partial charge in [-0.15, -0.1) is 11.3 Å². The van der Waals surface area contributed by atoms with Crippen molar-refractivity contribution in [3.63, 3.8) is 0 Å². The van der Waals surface area contributed by atoms with Crippen LogP contribution in [-0.2, 0) is 4.79 Å². The van der Waals surface area contributed by atoms with E-state index in [1.165, 1.54) is 25.3 Å². The third kappa shape index (κ3) is 3.44. The lowest BCUT2D eigenvalue weighted by molar-refractivity contribution is -0.385. The number of nitrogens with zero attached hydrogens (tertiary/aromatic N) is 1. The van der Waals surface area contributed by atoms with E-state index in [1.807, 2.05) is 0 Å². The molecule has 8 heteroatoms. The first-order valence-corrected chi connectivity index (χ1v) is 7.15. The lowest BCUT2D eigenvalue weighted by Crippen LogP contribution is -1.98. The minimum absolute atomic E-state index is 0.0105. The van der Waals surface area contributed by atoms with Crippen LogP contribution in [0.1, 0.15) is 10.4 Å². The molecular weight excluding hydrogens is 330 g/mol. The number of ether oxygens (including phenoxy) is 1. The number of aliphatic carboxylic acids is 1. The SMILES string of the molecule is COc1ccc(/C=C(\C(=O)O)c2ccc(Cl)s2)cc1[N+](=O)[O-]. The standard InChI is InChI=1S/C14H10ClNO5S/c1-21-11-3-2-8(7-10(11)16(19)20)6-9(14(17)18)12-4-5-13(15)22-12/h2-7H,1H3,(H,17,18)/b9-6-. The molecule has 1 N–H and O–H groups in total. The van der Waals surface area contributed by atoms with Gasteiger partial charge in [0.25, 0.3) is 0 Å². The Labute approximate surface area is 134 Å². The van der Waals surface area contributed by atoms with Crippen molar-refractivity contribution in [2.45, 2.75) is 0 Å². The van der Waals surface area contributed by atoms with Gasteiger partial charge in [0.05, 0.1) is 21.9 Å². The van der Waals surface area contributed by atoms with E-state index in [9.17, 15) is 20.0 Å². The van der Waals surface area contributed by atoms with Gasteiger partial charge in [0.1, 0.15) is 0 Å². The van der Waals surface area contributed by atoms with E-state index in [-0.39, 0.29) is 17.0 Å². The second kappa shape index (κ2) is 6.59. The Kier molecular flexibility index (Phi) is 4.79. The van der Waals surface area contributed by atoms with Crippen LogP contribution in [0, 0.1) is 10.1 Å². The Morgan fingerprint density at radius 1 is 1.41 bits per heavy atom. The highest BCUT2D eigenvalue weighted by molar-refractivity contribution is 7.17. The van der Waals surface area contributed by atoms with Gasteiger partial charge in [-0.3, -0.25) is 10.1 Å². The number of nitro benzene ring substituents is 1. The minimum atomic E-state index is -1.14. The van der Waals surface area contributed by atoms with E-state index in [0.29, 0.717) is 14.8 Å². The molecule has 1 heterocycles. The highest BCUT2D eigenvalue weighted by Crippen LogP contribution is 2.32. The fourth-order valence-electron chi connectivity index (χ4n) is 1.80. The molecule has 114 valence electrons. The lowest BCUT2D eigenvalue weighted by atomic mass is 10.1. The Morgan fingerprint density at radius 2 is 2.14 bits per heavy atom. The monoisotopic (exact) mass is 339 g/mol. The van der Waals surface area contributed by atoms with Crippen LogP contribution in [0.5, 0.6) is 5.75 Å². The van der Waals surface area contributed by atoms with Crippen molar-refractivity contribution in [2.24, 2.45) is 0 Å². The molecule has 0 radical (unpaired) electrons. The first kappa shape index (κ1) is 16.0. The number of methoxy groups -OCH3 is 1. The number of carboxylic acid groups (broad SMARTS) is 1. The van der Waals surface area contributed by atoms with Gasteiger partial charge in [0.15, 0.2) is 5.75 Å². The summed E-state index contributed by atoms with van der Waals surface area (Å²) in [5, 5.41) is 20.3. The van der Waals surface area contributed by atoms with E-state index in [4.69, 9.17) is 16.3 Å². The Hall–Kier alpha value is -2.38. The summed E-state index contributed by atoms with van der Waals surface area (Å²) in [6.45, 7) is 0. The zero-order valence-corrected chi connectivity index (χ0v) is 12.9. The largest absolute Gasteiger partial charge is 0.490 e. The van der Waals surface area contributed by atoms with E-state index >= 15 is 0 Å². The predicted molar refractivity (Wildman–Crippen MR) is 84.5 cm³/mol. The van der Waals surface area contributed by atoms with E-state index < -0.39 is 10.9 Å². The van der Waals surface area contributed by atoms with Crippen molar-refractivity contribution in [1.29, 1.82) is 0 Å². The Bertz CT molecular complexity index is 768. The van der Waals surface area contributed by atoms with Gasteiger partial charge in [-0.25, -0.2) is 4.79 Å². The normalized spacial score (nSPS) is 11.3. The molecule has 2 aromatic rings. The van der Waals surface area contributed by atoms with E-state index in [2.05, 4.69) is 0 Å². The fraction of sp³-hybridized carbons (Fsp3) is 0.0714. The number of carbonyl (C=O) groups is 1. The molecule has 0 amide bonds. The molecule has 0 atom stereocenters. The molecule has 6 nitrogen and oxygen atoms in total. The summed E-state index contributed by atoms with van der Waals surface area (Å²) in [6.07, 6.45) is 1.36. The number of carboxylic acids is 1. The molecule has 0 saturated heterocycles. The van der Waals surface area contributed by atoms with E-state index in [0.717, 1.165) is 11.3 Å². The topological polar surface area (TPSA) is 89.7 Å². The van der Waals surface area contributed by atoms with Crippen molar-refractivity contribution in [3.05, 3.63) is 55.2 Å². The number of benzene rings is 1. The van der Waals surface area contributed by atoms with Crippen LogP contribution in [0.4, 0.5) is 5.69 Å². The summed E-state index contributed by atoms with van der Waals surface area (Å²) in [4.78, 5) is 22.3. The maximum atomic E-state index is 11.4. The molecule has 0 fully saturated rings. The molecule has 2 rings (SSSR count). The molecule has 0 bridgehead atoms. The van der Waals surface area contributed by atoms with Gasteiger partial charge in [-0.2, -0.15) is 0 Å². The molecule has 22 heavy (non-hydrogen) atoms. The molecule has 0 spiro atoms. The zero-order valence-electron chi connectivity index (χ0n) is 11.3. The molecule has 1 aromatic carbocycles. The zero-order chi connectivity index (χ0) is 16.3. The summed E-state index contributed by atoms with van der Waals surface area (Å²) < 4.78 is 5.37. The first-order valence-electron chi connectivity index (χ1n) is 5.95. The molecule has 0 aliphatic carbocycles. The second-order valence-electron chi connectivity index (χ2n) is 4.16. The predicted octanol–water partition coefficient (Wildman–Crippen LogP) is 3.94. The van der Waals surface area contributed by atoms with Crippen molar-refractivity contribution in [2.75, 3.05) is 7.11 Å². The number of thiophene rings is 1. The fourth-order valence-corrected chi connectivity index (χ4v) is 2.85. The van der Waals surface area contributed by atoms with Crippen molar-refractivity contribution in [3.8, 4) is 5.75 Å². The van der Waals surface area contributed by atoms with Crippen LogP contribution < -0.4 is 4.74 Å². The van der Waals surface area contributed by atoms with Crippen LogP contribution in [0.2, 0.25) is 4.34 Å². The molecular formula is C14H10ClNO5S. The maximum Gasteiger partial charge on any atom is 0.337 e. The highest BCUT2D eigenvalue weighted by atomic mass is 35.5. The third-order valence-electron chi connectivity index (χ3n) is 2.78. The molecule has 0 aliphatic rings. The molecule has 0 aliphatic heterocycles. The molecule has 0 unspecified atom stereocenters. The number of nitro groups is 1. The maximum absolute atomic E-state index is 11.4.